The molecule has 134 valence electrons. The van der Waals surface area contributed by atoms with Crippen molar-refractivity contribution in [3.8, 4) is 0 Å². The highest BCUT2D eigenvalue weighted by Crippen LogP contribution is 2.16. The van der Waals surface area contributed by atoms with Gasteiger partial charge in [-0.2, -0.15) is 0 Å². The zero-order valence-corrected chi connectivity index (χ0v) is 15.4. The second-order valence-electron chi connectivity index (χ2n) is 6.47. The van der Waals surface area contributed by atoms with E-state index in [1.807, 2.05) is 68.4 Å². The van der Waals surface area contributed by atoms with Gasteiger partial charge in [0.05, 0.1) is 5.70 Å². The lowest BCUT2D eigenvalue weighted by Crippen LogP contribution is -2.14. The summed E-state index contributed by atoms with van der Waals surface area (Å²) in [4.78, 5) is 25.7. The number of para-hydroxylation sites is 1. The molecule has 0 radical (unpaired) electrons. The minimum Gasteiger partial charge on any atom is -0.352 e. The van der Waals surface area contributed by atoms with Crippen LogP contribution in [0, 0.1) is 13.8 Å². The SMILES string of the molecule is Cc1ccc(C(=O)/C=C(\Nc2ccccc2)C(=O)c2ccc(C)cc2)cc1. The first-order chi connectivity index (χ1) is 13.0. The van der Waals surface area contributed by atoms with E-state index < -0.39 is 0 Å². The van der Waals surface area contributed by atoms with Crippen LogP contribution in [0.5, 0.6) is 0 Å². The number of ketones is 2. The summed E-state index contributed by atoms with van der Waals surface area (Å²) in [7, 11) is 0. The quantitative estimate of drug-likeness (QED) is 0.478. The first-order valence-corrected chi connectivity index (χ1v) is 8.79. The lowest BCUT2D eigenvalue weighted by Gasteiger charge is -2.11. The van der Waals surface area contributed by atoms with E-state index >= 15 is 0 Å². The molecule has 1 N–H and O–H groups in total. The van der Waals surface area contributed by atoms with Crippen LogP contribution in [0.25, 0.3) is 0 Å². The van der Waals surface area contributed by atoms with Crippen molar-refractivity contribution in [1.29, 1.82) is 0 Å². The number of aryl methyl sites for hydroxylation is 2. The largest absolute Gasteiger partial charge is 0.352 e. The van der Waals surface area contributed by atoms with Gasteiger partial charge in [0.2, 0.25) is 5.78 Å². The fourth-order valence-electron chi connectivity index (χ4n) is 2.63. The van der Waals surface area contributed by atoms with Gasteiger partial charge in [0.25, 0.3) is 0 Å². The van der Waals surface area contributed by atoms with Gasteiger partial charge < -0.3 is 5.32 Å². The van der Waals surface area contributed by atoms with Crippen molar-refractivity contribution in [3.05, 3.63) is 113 Å². The molecule has 0 unspecified atom stereocenters. The van der Waals surface area contributed by atoms with Crippen LogP contribution in [0.3, 0.4) is 0 Å². The molecule has 0 atom stereocenters. The van der Waals surface area contributed by atoms with E-state index in [9.17, 15) is 9.59 Å². The minimum absolute atomic E-state index is 0.214. The number of hydrogen-bond acceptors (Lipinski definition) is 3. The van der Waals surface area contributed by atoms with Crippen LogP contribution >= 0.6 is 0 Å². The molecule has 3 aromatic rings. The normalized spacial score (nSPS) is 11.1. The average Bonchev–Trinajstić information content (AvgIpc) is 2.69. The van der Waals surface area contributed by atoms with Gasteiger partial charge >= 0.3 is 0 Å². The predicted molar refractivity (Wildman–Crippen MR) is 109 cm³/mol. The maximum absolute atomic E-state index is 13.0. The number of carbonyl (C=O) groups excluding carboxylic acids is 2. The third kappa shape index (κ3) is 4.79. The van der Waals surface area contributed by atoms with Crippen LogP contribution < -0.4 is 5.32 Å². The maximum atomic E-state index is 13.0. The van der Waals surface area contributed by atoms with Crippen LogP contribution in [-0.4, -0.2) is 11.6 Å². The molecule has 0 amide bonds. The van der Waals surface area contributed by atoms with Crippen molar-refractivity contribution in [2.24, 2.45) is 0 Å². The van der Waals surface area contributed by atoms with Gasteiger partial charge in [-0.3, -0.25) is 9.59 Å². The first-order valence-electron chi connectivity index (χ1n) is 8.79. The van der Waals surface area contributed by atoms with E-state index in [2.05, 4.69) is 5.32 Å². The Labute approximate surface area is 159 Å². The Morgan fingerprint density at radius 3 is 1.78 bits per heavy atom. The summed E-state index contributed by atoms with van der Waals surface area (Å²) in [5.74, 6) is -0.437. The molecule has 3 nitrogen and oxygen atoms in total. The third-order valence-corrected chi connectivity index (χ3v) is 4.22. The Morgan fingerprint density at radius 1 is 0.704 bits per heavy atom. The molecule has 0 fully saturated rings. The molecule has 3 aromatic carbocycles. The van der Waals surface area contributed by atoms with Gasteiger partial charge in [-0.05, 0) is 26.0 Å². The molecular formula is C24H21NO2. The van der Waals surface area contributed by atoms with Crippen LogP contribution in [0.15, 0.2) is 90.6 Å². The molecule has 3 rings (SSSR count). The van der Waals surface area contributed by atoms with Crippen LogP contribution in [0.2, 0.25) is 0 Å². The monoisotopic (exact) mass is 355 g/mol. The van der Waals surface area contributed by atoms with E-state index in [0.29, 0.717) is 11.1 Å². The minimum atomic E-state index is -0.223. The Balaban J connectivity index is 1.95. The maximum Gasteiger partial charge on any atom is 0.209 e. The zero-order valence-electron chi connectivity index (χ0n) is 15.4. The number of benzene rings is 3. The van der Waals surface area contributed by atoms with Crippen molar-refractivity contribution in [1.82, 2.24) is 0 Å². The number of rotatable bonds is 6. The highest BCUT2D eigenvalue weighted by atomic mass is 16.1. The molecule has 0 bridgehead atoms. The summed E-state index contributed by atoms with van der Waals surface area (Å²) in [6, 6.07) is 24.0. The molecule has 0 spiro atoms. The van der Waals surface area contributed by atoms with Crippen LogP contribution in [-0.2, 0) is 0 Å². The topological polar surface area (TPSA) is 46.2 Å². The first kappa shape index (κ1) is 18.3. The van der Waals surface area contributed by atoms with Crippen LogP contribution in [0.4, 0.5) is 5.69 Å². The molecule has 0 saturated heterocycles. The highest BCUT2D eigenvalue weighted by molar-refractivity contribution is 6.16. The summed E-state index contributed by atoms with van der Waals surface area (Å²) in [5, 5.41) is 3.09. The number of Topliss-reactive ketones (excluding diaryl/α,β-unsaturated/α-hetero) is 1. The van der Waals surface area contributed by atoms with Gasteiger partial charge in [0, 0.05) is 22.9 Å². The van der Waals surface area contributed by atoms with Gasteiger partial charge in [0.15, 0.2) is 5.78 Å². The molecule has 0 heterocycles. The highest BCUT2D eigenvalue weighted by Gasteiger charge is 2.15. The van der Waals surface area contributed by atoms with Crippen molar-refractivity contribution < 1.29 is 9.59 Å². The summed E-state index contributed by atoms with van der Waals surface area (Å²) < 4.78 is 0. The van der Waals surface area contributed by atoms with Gasteiger partial charge in [0.1, 0.15) is 0 Å². The molecular weight excluding hydrogens is 334 g/mol. The van der Waals surface area contributed by atoms with Crippen molar-refractivity contribution in [2.75, 3.05) is 5.32 Å². The number of allylic oxidation sites excluding steroid dienone is 2. The predicted octanol–water partition coefficient (Wildman–Crippen LogP) is 5.37. The smallest absolute Gasteiger partial charge is 0.209 e. The fourth-order valence-corrected chi connectivity index (χ4v) is 2.63. The second kappa shape index (κ2) is 8.28. The Hall–Kier alpha value is -3.46. The number of nitrogens with one attached hydrogen (secondary N) is 1. The molecule has 3 heteroatoms. The number of anilines is 1. The second-order valence-corrected chi connectivity index (χ2v) is 6.47. The summed E-state index contributed by atoms with van der Waals surface area (Å²) in [6.07, 6.45) is 1.37. The average molecular weight is 355 g/mol. The molecule has 27 heavy (non-hydrogen) atoms. The third-order valence-electron chi connectivity index (χ3n) is 4.22. The molecule has 0 aliphatic rings. The van der Waals surface area contributed by atoms with Gasteiger partial charge in [-0.1, -0.05) is 77.9 Å². The van der Waals surface area contributed by atoms with Crippen molar-refractivity contribution in [3.63, 3.8) is 0 Å². The fraction of sp³-hybridized carbons (Fsp3) is 0.0833. The van der Waals surface area contributed by atoms with E-state index in [1.165, 1.54) is 6.08 Å². The summed E-state index contributed by atoms with van der Waals surface area (Å²) in [6.45, 7) is 3.93. The zero-order chi connectivity index (χ0) is 19.2. The molecule has 0 aromatic heterocycles. The number of hydrogen-bond donors (Lipinski definition) is 1. The van der Waals surface area contributed by atoms with E-state index in [4.69, 9.17) is 0 Å². The standard InChI is InChI=1S/C24H21NO2/c1-17-8-12-19(13-9-17)23(26)16-22(25-21-6-4-3-5-7-21)24(27)20-14-10-18(2)11-15-20/h3-16,25H,1-2H3/b22-16-. The van der Waals surface area contributed by atoms with Gasteiger partial charge in [-0.25, -0.2) is 0 Å². The summed E-state index contributed by atoms with van der Waals surface area (Å²) in [5.41, 5.74) is 4.23. The van der Waals surface area contributed by atoms with Crippen molar-refractivity contribution in [2.45, 2.75) is 13.8 Å². The Morgan fingerprint density at radius 2 is 1.22 bits per heavy atom. The molecule has 0 aliphatic carbocycles. The summed E-state index contributed by atoms with van der Waals surface area (Å²) >= 11 is 0. The lowest BCUT2D eigenvalue weighted by atomic mass is 10.0. The van der Waals surface area contributed by atoms with E-state index in [-0.39, 0.29) is 17.3 Å². The van der Waals surface area contributed by atoms with E-state index in [0.717, 1.165) is 16.8 Å². The van der Waals surface area contributed by atoms with Gasteiger partial charge in [-0.15, -0.1) is 0 Å². The lowest BCUT2D eigenvalue weighted by molar-refractivity contribution is 0.101. The Kier molecular flexibility index (Phi) is 5.62. The number of carbonyl (C=O) groups is 2. The molecule has 0 aliphatic heterocycles. The van der Waals surface area contributed by atoms with E-state index in [1.54, 1.807) is 24.3 Å². The van der Waals surface area contributed by atoms with Crippen molar-refractivity contribution >= 4 is 17.3 Å². The Bertz CT molecular complexity index is 969. The molecule has 0 saturated carbocycles. The van der Waals surface area contributed by atoms with Crippen LogP contribution in [0.1, 0.15) is 31.8 Å².